The van der Waals surface area contributed by atoms with Crippen molar-refractivity contribution in [2.75, 3.05) is 0 Å². The zero-order valence-electron chi connectivity index (χ0n) is 29.5. The first-order valence-corrected chi connectivity index (χ1v) is 18.5. The molecule has 0 spiro atoms. The van der Waals surface area contributed by atoms with Crippen LogP contribution >= 0.6 is 0 Å². The molecule has 1 aliphatic rings. The van der Waals surface area contributed by atoms with Crippen LogP contribution in [0.5, 0.6) is 0 Å². The summed E-state index contributed by atoms with van der Waals surface area (Å²) in [6.45, 7) is 0. The molecule has 0 bridgehead atoms. The molecule has 0 aliphatic heterocycles. The molecule has 0 fully saturated rings. The number of imidazole rings is 2. The summed E-state index contributed by atoms with van der Waals surface area (Å²) in [6.07, 6.45) is 3.72. The molecule has 6 aromatic carbocycles. The third kappa shape index (κ3) is 3.89. The second-order valence-corrected chi connectivity index (χ2v) is 14.4. The van der Waals surface area contributed by atoms with Crippen LogP contribution in [0.4, 0.5) is 0 Å². The van der Waals surface area contributed by atoms with Crippen LogP contribution in [0, 0.1) is 12.1 Å². The van der Waals surface area contributed by atoms with E-state index in [2.05, 4.69) is 142 Å². The molecular weight excluding hydrogens is 868 g/mol. The van der Waals surface area contributed by atoms with Crippen molar-refractivity contribution in [3.8, 4) is 11.1 Å². The van der Waals surface area contributed by atoms with Crippen LogP contribution in [0.3, 0.4) is 0 Å². The summed E-state index contributed by atoms with van der Waals surface area (Å²) in [5, 5.41) is 6.16. The number of pyridine rings is 4. The predicted octanol–water partition coefficient (Wildman–Crippen LogP) is 10.7. The minimum Gasteiger partial charge on any atom is -0.318 e. The van der Waals surface area contributed by atoms with Gasteiger partial charge in [-0.2, -0.15) is 0 Å². The van der Waals surface area contributed by atoms with E-state index >= 15 is 0 Å². The van der Waals surface area contributed by atoms with Gasteiger partial charge in [0.1, 0.15) is 11.3 Å². The summed E-state index contributed by atoms with van der Waals surface area (Å²) in [4.78, 5) is 20.2. The van der Waals surface area contributed by atoms with Gasteiger partial charge in [-0.05, 0) is 69.4 Å². The number of nitrogens with zero attached hydrogens (tertiary/aromatic N) is 6. The van der Waals surface area contributed by atoms with Crippen LogP contribution in [-0.4, -0.2) is 28.7 Å². The maximum atomic E-state index is 5.24. The maximum Gasteiger partial charge on any atom is 2.00 e. The van der Waals surface area contributed by atoms with Crippen molar-refractivity contribution in [1.82, 2.24) is 28.7 Å². The summed E-state index contributed by atoms with van der Waals surface area (Å²) < 4.78 is 4.38. The van der Waals surface area contributed by atoms with Crippen molar-refractivity contribution in [1.29, 1.82) is 0 Å². The molecule has 6 nitrogen and oxygen atoms in total. The second-order valence-electron chi connectivity index (χ2n) is 14.4. The van der Waals surface area contributed by atoms with Gasteiger partial charge in [0.2, 0.25) is 0 Å². The first-order chi connectivity index (χ1) is 27.3. The van der Waals surface area contributed by atoms with E-state index in [0.29, 0.717) is 0 Å². The van der Waals surface area contributed by atoms with Crippen molar-refractivity contribution in [3.63, 3.8) is 0 Å². The van der Waals surface area contributed by atoms with E-state index in [1.165, 1.54) is 22.3 Å². The van der Waals surface area contributed by atoms with Crippen LogP contribution in [0.1, 0.15) is 22.3 Å². The Hall–Kier alpha value is -6.75. The van der Waals surface area contributed by atoms with Crippen molar-refractivity contribution in [2.24, 2.45) is 0 Å². The molecule has 6 aromatic heterocycles. The smallest absolute Gasteiger partial charge is 0.318 e. The zero-order valence-corrected chi connectivity index (χ0v) is 31.8. The van der Waals surface area contributed by atoms with E-state index in [1.54, 1.807) is 0 Å². The van der Waals surface area contributed by atoms with Crippen LogP contribution in [-0.2, 0) is 26.5 Å². The van der Waals surface area contributed by atoms with Gasteiger partial charge in [0.15, 0.2) is 0 Å². The number of hydrogen-bond donors (Lipinski definition) is 0. The minimum atomic E-state index is -0.755. The first-order valence-electron chi connectivity index (χ1n) is 18.5. The van der Waals surface area contributed by atoms with Gasteiger partial charge in [-0.1, -0.05) is 106 Å². The predicted molar refractivity (Wildman–Crippen MR) is 220 cm³/mol. The Balaban J connectivity index is 0.00000345. The Kier molecular flexibility index (Phi) is 6.42. The minimum absolute atomic E-state index is 0. The molecule has 0 atom stereocenters. The molecule has 56 heavy (non-hydrogen) atoms. The van der Waals surface area contributed by atoms with Gasteiger partial charge in [0, 0.05) is 17.8 Å². The molecule has 0 amide bonds. The average molecular weight is 894 g/mol. The normalized spacial score (nSPS) is 13.4. The van der Waals surface area contributed by atoms with Gasteiger partial charge in [0.05, 0.1) is 33.4 Å². The van der Waals surface area contributed by atoms with Crippen molar-refractivity contribution in [3.05, 3.63) is 192 Å². The van der Waals surface area contributed by atoms with E-state index in [4.69, 9.17) is 19.9 Å². The molecule has 7 heteroatoms. The molecule has 12 aromatic rings. The molecule has 0 saturated carbocycles. The Labute approximate surface area is 334 Å². The molecule has 0 unspecified atom stereocenters. The molecule has 13 rings (SSSR count). The number of rotatable bonds is 2. The molecule has 0 radical (unpaired) electrons. The maximum absolute atomic E-state index is 5.24. The van der Waals surface area contributed by atoms with Gasteiger partial charge >= 0.3 is 21.1 Å². The number of aromatic nitrogens is 6. The summed E-state index contributed by atoms with van der Waals surface area (Å²) in [6, 6.07) is 59.6. The summed E-state index contributed by atoms with van der Waals surface area (Å²) >= 11 is 0. The van der Waals surface area contributed by atoms with Gasteiger partial charge in [-0.15, -0.1) is 47.5 Å². The number of fused-ring (bicyclic) bond motifs is 19. The number of hydrogen-bond acceptors (Lipinski definition) is 4. The molecule has 6 heterocycles. The Bertz CT molecular complexity index is 3400. The fraction of sp³-hybridized carbons (Fsp3) is 0.0204. The van der Waals surface area contributed by atoms with Crippen LogP contribution in [0.15, 0.2) is 158 Å². The average Bonchev–Trinajstić information content (AvgIpc) is 3.93. The van der Waals surface area contributed by atoms with Crippen molar-refractivity contribution in [2.45, 2.75) is 5.41 Å². The van der Waals surface area contributed by atoms with Gasteiger partial charge in [-0.25, -0.2) is 9.97 Å². The largest absolute Gasteiger partial charge is 2.00 e. The number of para-hydroxylation sites is 4. The number of benzene rings is 6. The molecule has 262 valence electrons. The topological polar surface area (TPSA) is 60.4 Å². The third-order valence-corrected chi connectivity index (χ3v) is 11.8. The standard InChI is InChI=1S/C49H26N6.Pt/c1-3-15-39-33(11-1)34-12-2-4-16-40(34)49(39,29-21-23-31-35-13-9-25-50-45(35)54-43-19-7-5-17-41(43)52-47(54)37(31)27-29)30-22-24-32-36-14-10-26-51-46(36)55-44-20-8-6-18-42(44)53-48(55)38(32)28-30;/h1-26H;/q-2;+2. The molecular formula is C49H26N6Pt. The SMILES string of the molecule is [Pt+2].[c-]1c(C2(c3[c-]c4c(cc3)c3cccnc3n3c5ccccc5nc43)c3ccccc3-c3ccccc32)ccc2c1c1nc3ccccc3n1c1ncccc21. The Morgan fingerprint density at radius 3 is 1.36 bits per heavy atom. The molecule has 0 N–H and O–H groups in total. The van der Waals surface area contributed by atoms with Crippen LogP contribution in [0.25, 0.3) is 88.1 Å². The molecule has 0 saturated heterocycles. The third-order valence-electron chi connectivity index (χ3n) is 11.8. The van der Waals surface area contributed by atoms with E-state index in [0.717, 1.165) is 88.1 Å². The van der Waals surface area contributed by atoms with Crippen molar-refractivity contribution < 1.29 is 21.1 Å². The van der Waals surface area contributed by atoms with Gasteiger partial charge < -0.3 is 8.80 Å². The Morgan fingerprint density at radius 1 is 0.411 bits per heavy atom. The first kappa shape index (κ1) is 31.6. The Morgan fingerprint density at radius 2 is 0.857 bits per heavy atom. The van der Waals surface area contributed by atoms with Crippen LogP contribution < -0.4 is 0 Å². The summed E-state index contributed by atoms with van der Waals surface area (Å²) in [5.41, 5.74) is 13.4. The van der Waals surface area contributed by atoms with Gasteiger partial charge in [0.25, 0.3) is 0 Å². The van der Waals surface area contributed by atoms with Gasteiger partial charge in [-0.3, -0.25) is 9.97 Å². The van der Waals surface area contributed by atoms with E-state index in [-0.39, 0.29) is 21.1 Å². The quantitative estimate of drug-likeness (QED) is 0.128. The van der Waals surface area contributed by atoms with E-state index < -0.39 is 5.41 Å². The fourth-order valence-electron chi connectivity index (χ4n) is 9.57. The van der Waals surface area contributed by atoms with E-state index in [9.17, 15) is 0 Å². The summed E-state index contributed by atoms with van der Waals surface area (Å²) in [7, 11) is 0. The van der Waals surface area contributed by atoms with Crippen LogP contribution in [0.2, 0.25) is 0 Å². The summed E-state index contributed by atoms with van der Waals surface area (Å²) in [5.74, 6) is 0. The monoisotopic (exact) mass is 893 g/mol. The molecule has 1 aliphatic carbocycles. The zero-order chi connectivity index (χ0) is 35.8. The van der Waals surface area contributed by atoms with Crippen molar-refractivity contribution >= 4 is 77.0 Å². The second kappa shape index (κ2) is 11.4. The van der Waals surface area contributed by atoms with E-state index in [1.807, 2.05) is 36.7 Å². The fourth-order valence-corrected chi connectivity index (χ4v) is 9.57.